The lowest BCUT2D eigenvalue weighted by atomic mass is 10.00. The van der Waals surface area contributed by atoms with E-state index in [9.17, 15) is 27.5 Å². The number of hydrogen-bond donors (Lipinski definition) is 3. The highest BCUT2D eigenvalue weighted by molar-refractivity contribution is 7.86. The van der Waals surface area contributed by atoms with E-state index >= 15 is 0 Å². The minimum atomic E-state index is -3.71. The van der Waals surface area contributed by atoms with Crippen molar-refractivity contribution in [3.63, 3.8) is 0 Å². The quantitative estimate of drug-likeness (QED) is 0.286. The van der Waals surface area contributed by atoms with Crippen LogP contribution < -0.4 is 15.4 Å². The Morgan fingerprint density at radius 2 is 1.74 bits per heavy atom. The largest absolute Gasteiger partial charge is 0.508 e. The van der Waals surface area contributed by atoms with Gasteiger partial charge in [-0.1, -0.05) is 24.3 Å². The normalized spacial score (nSPS) is 16.3. The van der Waals surface area contributed by atoms with Gasteiger partial charge in [0.05, 0.1) is 0 Å². The van der Waals surface area contributed by atoms with Crippen molar-refractivity contribution in [3.05, 3.63) is 94.7 Å². The number of carbonyl (C=O) groups excluding carboxylic acids is 2. The van der Waals surface area contributed by atoms with E-state index in [0.29, 0.717) is 42.4 Å². The summed E-state index contributed by atoms with van der Waals surface area (Å²) in [4.78, 5) is 34.7. The van der Waals surface area contributed by atoms with E-state index in [1.54, 1.807) is 11.4 Å². The van der Waals surface area contributed by atoms with Gasteiger partial charge in [0, 0.05) is 61.1 Å². The van der Waals surface area contributed by atoms with Crippen molar-refractivity contribution >= 4 is 44.2 Å². The number of benzene rings is 3. The number of thiazole rings is 1. The number of piperazine rings is 1. The van der Waals surface area contributed by atoms with Gasteiger partial charge in [-0.25, -0.2) is 14.5 Å². The fourth-order valence-electron chi connectivity index (χ4n) is 5.43. The highest BCUT2D eigenvalue weighted by Gasteiger charge is 2.39. The lowest BCUT2D eigenvalue weighted by molar-refractivity contribution is -0.120. The molecule has 1 atom stereocenters. The highest BCUT2D eigenvalue weighted by atomic mass is 32.2. The van der Waals surface area contributed by atoms with E-state index in [-0.39, 0.29) is 17.9 Å². The second-order valence-electron chi connectivity index (χ2n) is 10.2. The first kappa shape index (κ1) is 28.7. The Labute approximate surface area is 251 Å². The summed E-state index contributed by atoms with van der Waals surface area (Å²) < 4.78 is 38.7. The van der Waals surface area contributed by atoms with Gasteiger partial charge in [-0.05, 0) is 53.1 Å². The lowest BCUT2D eigenvalue weighted by Gasteiger charge is -2.34. The average molecular weight is 623 g/mol. The van der Waals surface area contributed by atoms with E-state index in [4.69, 9.17) is 5.14 Å². The number of carbonyl (C=O) groups is 2. The first-order chi connectivity index (χ1) is 20.6. The van der Waals surface area contributed by atoms with Crippen LogP contribution in [-0.4, -0.2) is 65.7 Å². The molecular formula is C29H27FN6O5S2. The Balaban J connectivity index is 1.24. The van der Waals surface area contributed by atoms with E-state index in [1.807, 2.05) is 36.4 Å². The average Bonchev–Trinajstić information content (AvgIpc) is 3.62. The molecule has 0 spiro atoms. The summed E-state index contributed by atoms with van der Waals surface area (Å²) in [6, 6.07) is 15.2. The molecule has 11 nitrogen and oxygen atoms in total. The summed E-state index contributed by atoms with van der Waals surface area (Å²) in [5.41, 5.74) is 3.66. The van der Waals surface area contributed by atoms with E-state index in [1.165, 1.54) is 26.7 Å². The maximum absolute atomic E-state index is 14.3. The van der Waals surface area contributed by atoms with Crippen molar-refractivity contribution in [2.75, 3.05) is 36.4 Å². The Morgan fingerprint density at radius 1 is 1.02 bits per heavy atom. The number of amides is 2. The zero-order valence-electron chi connectivity index (χ0n) is 22.7. The van der Waals surface area contributed by atoms with Crippen LogP contribution in [-0.2, 0) is 21.5 Å². The molecule has 4 aromatic rings. The standard InChI is InChI=1S/C29H27FN6O5S2/c30-21-5-8-25(37)24(16-21)26(27(38)33-29-32-9-14-42-29)36-17-20-2-1-19(15-23(20)28(36)39)18-3-6-22(7-4-18)34-10-12-35(13-11-34)43(31,40)41/h1-9,14-16,26,37H,10-13,17H2,(H2,31,40,41)(H,32,33,38). The first-order valence-corrected chi connectivity index (χ1v) is 15.7. The van der Waals surface area contributed by atoms with Crippen molar-refractivity contribution in [2.24, 2.45) is 5.14 Å². The number of nitrogens with two attached hydrogens (primary N) is 1. The fraction of sp³-hybridized carbons (Fsp3) is 0.207. The summed E-state index contributed by atoms with van der Waals surface area (Å²) in [6.45, 7) is 1.72. The molecule has 0 radical (unpaired) electrons. The van der Waals surface area contributed by atoms with Crippen molar-refractivity contribution in [1.29, 1.82) is 0 Å². The minimum Gasteiger partial charge on any atom is -0.508 e. The Hall–Kier alpha value is -4.37. The Kier molecular flexibility index (Phi) is 7.60. The van der Waals surface area contributed by atoms with Gasteiger partial charge in [-0.2, -0.15) is 12.7 Å². The molecule has 3 aromatic carbocycles. The monoisotopic (exact) mass is 622 g/mol. The minimum absolute atomic E-state index is 0.0316. The van der Waals surface area contributed by atoms with E-state index in [0.717, 1.165) is 35.0 Å². The molecular weight excluding hydrogens is 595 g/mol. The molecule has 1 aromatic heterocycles. The fourth-order valence-corrected chi connectivity index (χ4v) is 6.64. The number of anilines is 2. The number of aromatic nitrogens is 1. The van der Waals surface area contributed by atoms with Crippen molar-refractivity contribution in [3.8, 4) is 16.9 Å². The summed E-state index contributed by atoms with van der Waals surface area (Å²) in [5, 5.41) is 20.5. The molecule has 0 bridgehead atoms. The van der Waals surface area contributed by atoms with Gasteiger partial charge in [-0.15, -0.1) is 11.3 Å². The number of nitrogens with one attached hydrogen (secondary N) is 1. The number of hydrogen-bond acceptors (Lipinski definition) is 8. The van der Waals surface area contributed by atoms with Gasteiger partial charge in [0.25, 0.3) is 22.0 Å². The third-order valence-electron chi connectivity index (χ3n) is 7.61. The molecule has 1 saturated heterocycles. The molecule has 43 heavy (non-hydrogen) atoms. The predicted octanol–water partition coefficient (Wildman–Crippen LogP) is 3.32. The highest BCUT2D eigenvalue weighted by Crippen LogP contribution is 2.38. The molecule has 3 heterocycles. The number of fused-ring (bicyclic) bond motifs is 1. The molecule has 4 N–H and O–H groups in total. The van der Waals surface area contributed by atoms with Crippen molar-refractivity contribution in [1.82, 2.24) is 14.2 Å². The summed E-state index contributed by atoms with van der Waals surface area (Å²) >= 11 is 1.20. The molecule has 2 aliphatic rings. The lowest BCUT2D eigenvalue weighted by Crippen LogP contribution is -2.50. The molecule has 222 valence electrons. The van der Waals surface area contributed by atoms with Gasteiger partial charge in [-0.3, -0.25) is 14.9 Å². The van der Waals surface area contributed by atoms with Gasteiger partial charge >= 0.3 is 0 Å². The van der Waals surface area contributed by atoms with Crippen LogP contribution in [0.3, 0.4) is 0 Å². The second-order valence-corrected chi connectivity index (χ2v) is 12.7. The van der Waals surface area contributed by atoms with Crippen LogP contribution in [0.25, 0.3) is 11.1 Å². The van der Waals surface area contributed by atoms with Crippen LogP contribution in [0.2, 0.25) is 0 Å². The zero-order valence-corrected chi connectivity index (χ0v) is 24.3. The topological polar surface area (TPSA) is 149 Å². The van der Waals surface area contributed by atoms with Gasteiger partial charge in [0.2, 0.25) is 0 Å². The van der Waals surface area contributed by atoms with Crippen LogP contribution in [0.5, 0.6) is 5.75 Å². The van der Waals surface area contributed by atoms with E-state index in [2.05, 4.69) is 15.2 Å². The third kappa shape index (κ3) is 5.82. The summed E-state index contributed by atoms with van der Waals surface area (Å²) in [7, 11) is -3.71. The molecule has 6 rings (SSSR count). The van der Waals surface area contributed by atoms with Crippen LogP contribution in [0.1, 0.15) is 27.5 Å². The summed E-state index contributed by atoms with van der Waals surface area (Å²) in [5.74, 6) is -2.01. The van der Waals surface area contributed by atoms with Crippen molar-refractivity contribution < 1.29 is 27.5 Å². The van der Waals surface area contributed by atoms with Crippen LogP contribution in [0.4, 0.5) is 15.2 Å². The van der Waals surface area contributed by atoms with Gasteiger partial charge in [0.1, 0.15) is 17.6 Å². The Morgan fingerprint density at radius 3 is 2.42 bits per heavy atom. The number of rotatable bonds is 7. The molecule has 0 saturated carbocycles. The number of nitrogens with zero attached hydrogens (tertiary/aromatic N) is 4. The molecule has 0 aliphatic carbocycles. The number of phenolic OH excluding ortho intramolecular Hbond substituents is 1. The maximum atomic E-state index is 14.3. The third-order valence-corrected chi connectivity index (χ3v) is 9.39. The van der Waals surface area contributed by atoms with Crippen LogP contribution in [0, 0.1) is 5.82 Å². The van der Waals surface area contributed by atoms with E-state index < -0.39 is 33.9 Å². The zero-order chi connectivity index (χ0) is 30.3. The molecule has 1 fully saturated rings. The first-order valence-electron chi connectivity index (χ1n) is 13.3. The van der Waals surface area contributed by atoms with Crippen LogP contribution in [0.15, 0.2) is 72.2 Å². The molecule has 2 aliphatic heterocycles. The molecule has 14 heteroatoms. The molecule has 2 amide bonds. The van der Waals surface area contributed by atoms with Gasteiger partial charge in [0.15, 0.2) is 5.13 Å². The number of aromatic hydroxyl groups is 1. The van der Waals surface area contributed by atoms with Crippen LogP contribution >= 0.6 is 11.3 Å². The molecule has 1 unspecified atom stereocenters. The van der Waals surface area contributed by atoms with Gasteiger partial charge < -0.3 is 14.9 Å². The second kappa shape index (κ2) is 11.4. The number of phenols is 1. The van der Waals surface area contributed by atoms with Crippen molar-refractivity contribution in [2.45, 2.75) is 12.6 Å². The number of halogens is 1. The smallest absolute Gasteiger partial charge is 0.277 e. The predicted molar refractivity (Wildman–Crippen MR) is 160 cm³/mol. The maximum Gasteiger partial charge on any atom is 0.277 e. The Bertz CT molecular complexity index is 1790. The SMILES string of the molecule is NS(=O)(=O)N1CCN(c2ccc(-c3ccc4c(c3)C(=O)N(C(C(=O)Nc3nccs3)c3cc(F)ccc3O)C4)cc2)CC1. The summed E-state index contributed by atoms with van der Waals surface area (Å²) in [6.07, 6.45) is 1.52.